The van der Waals surface area contributed by atoms with Crippen LogP contribution in [0.15, 0.2) is 12.4 Å². The molecule has 0 radical (unpaired) electrons. The van der Waals surface area contributed by atoms with Crippen LogP contribution in [0.3, 0.4) is 0 Å². The largest absolute Gasteiger partial charge is 0.378 e. The average Bonchev–Trinajstić information content (AvgIpc) is 3.16. The molecule has 1 amide bonds. The number of aromatic nitrogens is 2. The number of nitrogens with one attached hydrogen (secondary N) is 2. The first-order valence-corrected chi connectivity index (χ1v) is 9.43. The highest BCUT2D eigenvalue weighted by molar-refractivity contribution is 5.82. The molecule has 1 aliphatic heterocycles. The van der Waals surface area contributed by atoms with Gasteiger partial charge in [-0.25, -0.2) is 9.97 Å². The van der Waals surface area contributed by atoms with Gasteiger partial charge in [0.25, 0.3) is 0 Å². The lowest BCUT2D eigenvalue weighted by Gasteiger charge is -2.27. The van der Waals surface area contributed by atoms with Crippen molar-refractivity contribution >= 4 is 11.7 Å². The molecule has 1 aromatic heterocycles. The summed E-state index contributed by atoms with van der Waals surface area (Å²) in [6, 6.07) is 2.18. The van der Waals surface area contributed by atoms with E-state index in [0.29, 0.717) is 12.6 Å². The van der Waals surface area contributed by atoms with Crippen molar-refractivity contribution in [2.75, 3.05) is 31.2 Å². The van der Waals surface area contributed by atoms with Gasteiger partial charge in [-0.2, -0.15) is 0 Å². The van der Waals surface area contributed by atoms with Gasteiger partial charge in [0.15, 0.2) is 0 Å². The zero-order chi connectivity index (χ0) is 17.5. The predicted octanol–water partition coefficient (Wildman–Crippen LogP) is 1.24. The molecule has 25 heavy (non-hydrogen) atoms. The number of carbonyl (C=O) groups is 1. The Bertz CT molecular complexity index is 556. The third kappa shape index (κ3) is 5.12. The summed E-state index contributed by atoms with van der Waals surface area (Å²) in [4.78, 5) is 23.4. The number of rotatable bonds is 7. The first-order valence-electron chi connectivity index (χ1n) is 9.43. The summed E-state index contributed by atoms with van der Waals surface area (Å²) < 4.78 is 5.38. The molecule has 1 saturated carbocycles. The van der Waals surface area contributed by atoms with Crippen molar-refractivity contribution in [1.82, 2.24) is 20.6 Å². The fraction of sp³-hybridized carbons (Fsp3) is 0.722. The van der Waals surface area contributed by atoms with Gasteiger partial charge >= 0.3 is 0 Å². The van der Waals surface area contributed by atoms with E-state index >= 15 is 0 Å². The number of ether oxygens (including phenoxy) is 1. The monoisotopic (exact) mass is 347 g/mol. The molecule has 1 aromatic rings. The van der Waals surface area contributed by atoms with Crippen LogP contribution < -0.4 is 15.5 Å². The van der Waals surface area contributed by atoms with E-state index in [2.05, 4.69) is 25.5 Å². The Morgan fingerprint density at radius 1 is 1.32 bits per heavy atom. The lowest BCUT2D eigenvalue weighted by Crippen LogP contribution is -2.46. The molecule has 1 aliphatic carbocycles. The van der Waals surface area contributed by atoms with Crippen LogP contribution in [0.5, 0.6) is 0 Å². The van der Waals surface area contributed by atoms with Crippen molar-refractivity contribution in [3.63, 3.8) is 0 Å². The van der Waals surface area contributed by atoms with E-state index in [4.69, 9.17) is 4.74 Å². The van der Waals surface area contributed by atoms with E-state index in [9.17, 15) is 4.79 Å². The van der Waals surface area contributed by atoms with E-state index in [1.54, 1.807) is 6.33 Å². The Hall–Kier alpha value is -1.73. The number of hydrogen-bond donors (Lipinski definition) is 2. The predicted molar refractivity (Wildman–Crippen MR) is 96.4 cm³/mol. The molecule has 2 heterocycles. The van der Waals surface area contributed by atoms with Crippen molar-refractivity contribution in [1.29, 1.82) is 0 Å². The molecule has 7 nitrogen and oxygen atoms in total. The molecule has 1 atom stereocenters. The quantitative estimate of drug-likeness (QED) is 0.773. The van der Waals surface area contributed by atoms with E-state index in [0.717, 1.165) is 57.1 Å². The fourth-order valence-electron chi connectivity index (χ4n) is 3.47. The molecule has 2 fully saturated rings. The molecule has 0 spiro atoms. The number of carbonyl (C=O) groups excluding carboxylic acids is 1. The maximum absolute atomic E-state index is 12.4. The SMILES string of the molecule is CC[C@H](NCc1cc(N2CCOCC2)ncn1)C(=O)NC1CCCC1. The lowest BCUT2D eigenvalue weighted by atomic mass is 10.1. The summed E-state index contributed by atoms with van der Waals surface area (Å²) in [5.74, 6) is 1.04. The average molecular weight is 347 g/mol. The number of nitrogens with zero attached hydrogens (tertiary/aromatic N) is 3. The summed E-state index contributed by atoms with van der Waals surface area (Å²) in [6.45, 7) is 5.77. The van der Waals surface area contributed by atoms with Crippen LogP contribution in [0, 0.1) is 0 Å². The molecule has 0 aromatic carbocycles. The standard InChI is InChI=1S/C18H29N5O2/c1-2-16(18(24)22-14-5-3-4-6-14)19-12-15-11-17(21-13-20-15)23-7-9-25-10-8-23/h11,13-14,16,19H,2-10,12H2,1H3,(H,22,24)/t16-/m0/s1. The number of amides is 1. The first kappa shape index (κ1) is 18.1. The molecule has 2 N–H and O–H groups in total. The molecule has 2 aliphatic rings. The minimum atomic E-state index is -0.178. The lowest BCUT2D eigenvalue weighted by molar-refractivity contribution is -0.123. The van der Waals surface area contributed by atoms with Crippen LogP contribution >= 0.6 is 0 Å². The van der Waals surface area contributed by atoms with Gasteiger partial charge in [0, 0.05) is 31.7 Å². The summed E-state index contributed by atoms with van der Waals surface area (Å²) in [7, 11) is 0. The zero-order valence-corrected chi connectivity index (χ0v) is 15.0. The maximum atomic E-state index is 12.4. The molecule has 1 saturated heterocycles. The highest BCUT2D eigenvalue weighted by Gasteiger charge is 2.22. The Balaban J connectivity index is 1.53. The summed E-state index contributed by atoms with van der Waals surface area (Å²) in [5, 5.41) is 6.52. The molecule has 3 rings (SSSR count). The van der Waals surface area contributed by atoms with E-state index in [1.165, 1.54) is 12.8 Å². The Morgan fingerprint density at radius 2 is 2.08 bits per heavy atom. The van der Waals surface area contributed by atoms with Crippen LogP contribution in [0.1, 0.15) is 44.7 Å². The van der Waals surface area contributed by atoms with Crippen LogP contribution in [0.4, 0.5) is 5.82 Å². The Morgan fingerprint density at radius 3 is 2.80 bits per heavy atom. The van der Waals surface area contributed by atoms with Crippen molar-refractivity contribution in [3.05, 3.63) is 18.1 Å². The topological polar surface area (TPSA) is 79.4 Å². The van der Waals surface area contributed by atoms with Crippen molar-refractivity contribution in [2.24, 2.45) is 0 Å². The van der Waals surface area contributed by atoms with Crippen LogP contribution in [0.2, 0.25) is 0 Å². The summed E-state index contributed by atoms with van der Waals surface area (Å²) >= 11 is 0. The summed E-state index contributed by atoms with van der Waals surface area (Å²) in [6.07, 6.45) is 7.02. The van der Waals surface area contributed by atoms with Crippen molar-refractivity contribution < 1.29 is 9.53 Å². The smallest absolute Gasteiger partial charge is 0.237 e. The Kier molecular flexibility index (Phi) is 6.58. The zero-order valence-electron chi connectivity index (χ0n) is 15.0. The van der Waals surface area contributed by atoms with Gasteiger partial charge in [-0.1, -0.05) is 19.8 Å². The fourth-order valence-corrected chi connectivity index (χ4v) is 3.47. The van der Waals surface area contributed by atoms with Gasteiger partial charge in [0.2, 0.25) is 5.91 Å². The van der Waals surface area contributed by atoms with Gasteiger partial charge in [-0.3, -0.25) is 4.79 Å². The minimum absolute atomic E-state index is 0.108. The first-order chi connectivity index (χ1) is 12.3. The van der Waals surface area contributed by atoms with Gasteiger partial charge in [0.05, 0.1) is 24.9 Å². The second-order valence-electron chi connectivity index (χ2n) is 6.80. The second-order valence-corrected chi connectivity index (χ2v) is 6.80. The molecular weight excluding hydrogens is 318 g/mol. The molecule has 0 unspecified atom stereocenters. The van der Waals surface area contributed by atoms with E-state index in [-0.39, 0.29) is 11.9 Å². The minimum Gasteiger partial charge on any atom is -0.378 e. The number of morpholine rings is 1. The van der Waals surface area contributed by atoms with E-state index in [1.807, 2.05) is 13.0 Å². The van der Waals surface area contributed by atoms with Gasteiger partial charge in [0.1, 0.15) is 12.1 Å². The van der Waals surface area contributed by atoms with Gasteiger partial charge in [-0.05, 0) is 19.3 Å². The molecular formula is C18H29N5O2. The number of anilines is 1. The molecule has 138 valence electrons. The van der Waals surface area contributed by atoms with Crippen molar-refractivity contribution in [2.45, 2.75) is 57.7 Å². The van der Waals surface area contributed by atoms with Crippen LogP contribution in [-0.4, -0.2) is 54.3 Å². The third-order valence-corrected chi connectivity index (χ3v) is 5.00. The highest BCUT2D eigenvalue weighted by Crippen LogP contribution is 2.18. The van der Waals surface area contributed by atoms with Crippen LogP contribution in [-0.2, 0) is 16.1 Å². The molecule has 0 bridgehead atoms. The van der Waals surface area contributed by atoms with Gasteiger partial charge < -0.3 is 20.3 Å². The maximum Gasteiger partial charge on any atom is 0.237 e. The van der Waals surface area contributed by atoms with E-state index < -0.39 is 0 Å². The molecule has 7 heteroatoms. The third-order valence-electron chi connectivity index (χ3n) is 5.00. The van der Waals surface area contributed by atoms with Crippen LogP contribution in [0.25, 0.3) is 0 Å². The highest BCUT2D eigenvalue weighted by atomic mass is 16.5. The van der Waals surface area contributed by atoms with Gasteiger partial charge in [-0.15, -0.1) is 0 Å². The van der Waals surface area contributed by atoms with Crippen molar-refractivity contribution in [3.8, 4) is 0 Å². The Labute approximate surface area is 149 Å². The summed E-state index contributed by atoms with van der Waals surface area (Å²) in [5.41, 5.74) is 0.906. The number of hydrogen-bond acceptors (Lipinski definition) is 6. The normalized spacial score (nSPS) is 19.8. The second kappa shape index (κ2) is 9.10.